The largest absolute Gasteiger partial charge is 0.472 e. The molecule has 0 saturated carbocycles. The summed E-state index contributed by atoms with van der Waals surface area (Å²) in [5.74, 6) is 0.377. The lowest BCUT2D eigenvalue weighted by atomic mass is 10.3. The molecule has 0 amide bonds. The van der Waals surface area contributed by atoms with Crippen molar-refractivity contribution in [3.8, 4) is 5.88 Å². The molecule has 2 heterocycles. The Bertz CT molecular complexity index is 743. The van der Waals surface area contributed by atoms with Crippen molar-refractivity contribution >= 4 is 29.0 Å². The number of halogens is 5. The second-order valence-electron chi connectivity index (χ2n) is 5.15. The highest BCUT2D eigenvalue weighted by Crippen LogP contribution is 2.33. The van der Waals surface area contributed by atoms with Gasteiger partial charge in [0.25, 0.3) is 0 Å². The second kappa shape index (κ2) is 8.05. The molecule has 0 radical (unpaired) electrons. The summed E-state index contributed by atoms with van der Waals surface area (Å²) in [4.78, 5) is 11.7. The predicted octanol–water partition coefficient (Wildman–Crippen LogP) is 4.64. The third-order valence-electron chi connectivity index (χ3n) is 3.20. The normalized spacial score (nSPS) is 12.8. The van der Waals surface area contributed by atoms with Gasteiger partial charge in [-0.2, -0.15) is 13.2 Å². The molecule has 1 N–H and O–H groups in total. The third kappa shape index (κ3) is 5.09. The predicted molar refractivity (Wildman–Crippen MR) is 89.2 cm³/mol. The minimum atomic E-state index is -4.51. The summed E-state index contributed by atoms with van der Waals surface area (Å²) in [6.45, 7) is 3.92. The molecule has 5 nitrogen and oxygen atoms in total. The summed E-state index contributed by atoms with van der Waals surface area (Å²) in [5, 5.41) is 3.21. The number of nitrogens with zero attached hydrogens (tertiary/aromatic N) is 3. The molecule has 2 aromatic heterocycles. The third-order valence-corrected chi connectivity index (χ3v) is 3.87. The monoisotopic (exact) mass is 394 g/mol. The Balaban J connectivity index is 2.00. The van der Waals surface area contributed by atoms with Crippen LogP contribution in [0.3, 0.4) is 0 Å². The Hall–Kier alpha value is -1.80. The topological polar surface area (TPSA) is 59.9 Å². The van der Waals surface area contributed by atoms with Crippen molar-refractivity contribution in [2.24, 2.45) is 0 Å². The first-order valence-corrected chi connectivity index (χ1v) is 8.10. The summed E-state index contributed by atoms with van der Waals surface area (Å²) in [6.07, 6.45) is -2.22. The molecule has 0 bridgehead atoms. The average molecular weight is 395 g/mol. The molecule has 0 aliphatic rings. The van der Waals surface area contributed by atoms with Crippen LogP contribution in [0, 0.1) is 0 Å². The van der Waals surface area contributed by atoms with Crippen LogP contribution in [0.5, 0.6) is 5.88 Å². The fraction of sp³-hybridized carbons (Fsp3) is 0.400. The fourth-order valence-electron chi connectivity index (χ4n) is 1.92. The molecule has 0 aliphatic carbocycles. The highest BCUT2D eigenvalue weighted by atomic mass is 35.5. The van der Waals surface area contributed by atoms with Crippen LogP contribution < -0.4 is 10.1 Å². The van der Waals surface area contributed by atoms with Crippen LogP contribution in [0.2, 0.25) is 10.0 Å². The smallest absolute Gasteiger partial charge is 0.417 e. The van der Waals surface area contributed by atoms with Crippen molar-refractivity contribution in [1.82, 2.24) is 15.0 Å². The minimum absolute atomic E-state index is 0.0769. The van der Waals surface area contributed by atoms with Gasteiger partial charge in [-0.15, -0.1) is 0 Å². The first kappa shape index (κ1) is 19.5. The Morgan fingerprint density at radius 1 is 1.24 bits per heavy atom. The fourth-order valence-corrected chi connectivity index (χ4v) is 2.42. The summed E-state index contributed by atoms with van der Waals surface area (Å²) >= 11 is 12.0. The van der Waals surface area contributed by atoms with Crippen molar-refractivity contribution in [3.63, 3.8) is 0 Å². The van der Waals surface area contributed by atoms with Crippen molar-refractivity contribution in [3.05, 3.63) is 39.9 Å². The van der Waals surface area contributed by atoms with E-state index in [9.17, 15) is 13.2 Å². The van der Waals surface area contributed by atoms with Gasteiger partial charge in [-0.05, 0) is 19.4 Å². The Kier molecular flexibility index (Phi) is 6.29. The quantitative estimate of drug-likeness (QED) is 0.773. The van der Waals surface area contributed by atoms with Crippen LogP contribution in [-0.4, -0.2) is 27.6 Å². The van der Waals surface area contributed by atoms with Gasteiger partial charge in [0, 0.05) is 6.20 Å². The average Bonchev–Trinajstić information content (AvgIpc) is 2.55. The summed E-state index contributed by atoms with van der Waals surface area (Å²) in [5.41, 5.74) is -0.226. The summed E-state index contributed by atoms with van der Waals surface area (Å²) in [7, 11) is 0. The minimum Gasteiger partial charge on any atom is -0.472 e. The number of ether oxygens (including phenoxy) is 1. The van der Waals surface area contributed by atoms with Gasteiger partial charge in [-0.1, -0.05) is 30.1 Å². The highest BCUT2D eigenvalue weighted by molar-refractivity contribution is 6.33. The Morgan fingerprint density at radius 3 is 2.56 bits per heavy atom. The zero-order valence-corrected chi connectivity index (χ0v) is 14.9. The van der Waals surface area contributed by atoms with E-state index in [2.05, 4.69) is 20.3 Å². The highest BCUT2D eigenvalue weighted by Gasteiger charge is 2.31. The molecule has 0 saturated heterocycles. The summed E-state index contributed by atoms with van der Waals surface area (Å²) in [6, 6.07) is 0.777. The molecule has 10 heteroatoms. The van der Waals surface area contributed by atoms with Crippen molar-refractivity contribution < 1.29 is 17.9 Å². The summed E-state index contributed by atoms with van der Waals surface area (Å²) < 4.78 is 43.3. The maximum Gasteiger partial charge on any atom is 0.417 e. The number of nitrogens with one attached hydrogen (secondary N) is 1. The van der Waals surface area contributed by atoms with E-state index in [4.69, 9.17) is 27.9 Å². The lowest BCUT2D eigenvalue weighted by molar-refractivity contribution is -0.137. The van der Waals surface area contributed by atoms with E-state index >= 15 is 0 Å². The molecule has 2 rings (SSSR count). The number of aromatic nitrogens is 3. The Labute approximate surface area is 152 Å². The van der Waals surface area contributed by atoms with Gasteiger partial charge >= 0.3 is 6.18 Å². The van der Waals surface area contributed by atoms with Gasteiger partial charge in [-0.3, -0.25) is 0 Å². The van der Waals surface area contributed by atoms with Crippen LogP contribution in [0.15, 0.2) is 18.6 Å². The van der Waals surface area contributed by atoms with E-state index in [1.54, 1.807) is 6.92 Å². The number of alkyl halides is 3. The number of rotatable bonds is 6. The van der Waals surface area contributed by atoms with Gasteiger partial charge in [0.05, 0.1) is 17.8 Å². The van der Waals surface area contributed by atoms with E-state index < -0.39 is 17.8 Å². The second-order valence-corrected chi connectivity index (χ2v) is 5.94. The molecule has 1 unspecified atom stereocenters. The number of aryl methyl sites for hydroxylation is 1. The molecular formula is C15H15Cl2F3N4O. The van der Waals surface area contributed by atoms with E-state index in [0.29, 0.717) is 35.7 Å². The maximum absolute atomic E-state index is 12.6. The van der Waals surface area contributed by atoms with Gasteiger partial charge in [-0.25, -0.2) is 15.0 Å². The van der Waals surface area contributed by atoms with Gasteiger partial charge in [0.2, 0.25) is 5.88 Å². The lowest BCUT2D eigenvalue weighted by Gasteiger charge is -2.17. The first-order chi connectivity index (χ1) is 11.7. The van der Waals surface area contributed by atoms with E-state index in [0.717, 1.165) is 6.07 Å². The van der Waals surface area contributed by atoms with Gasteiger partial charge in [0.1, 0.15) is 28.3 Å². The molecule has 0 spiro atoms. The number of pyridine rings is 1. The van der Waals surface area contributed by atoms with Crippen molar-refractivity contribution in [1.29, 1.82) is 0 Å². The maximum atomic E-state index is 12.6. The number of hydrogen-bond acceptors (Lipinski definition) is 5. The van der Waals surface area contributed by atoms with Crippen LogP contribution >= 0.6 is 23.2 Å². The van der Waals surface area contributed by atoms with Crippen LogP contribution in [-0.2, 0) is 12.6 Å². The molecule has 0 fully saturated rings. The van der Waals surface area contributed by atoms with Gasteiger partial charge in [0.15, 0.2) is 0 Å². The van der Waals surface area contributed by atoms with Crippen LogP contribution in [0.25, 0.3) is 0 Å². The standard InChI is InChI=1S/C15H15Cl2F3N4O/c1-3-11-12(17)13(24-7-23-11)21-5-8(2)25-14-10(16)4-9(6-22-14)15(18,19)20/h4,6-8H,3,5H2,1-2H3,(H,21,23,24). The molecule has 136 valence electrons. The molecule has 0 aliphatic heterocycles. The number of anilines is 1. The molecule has 0 aromatic carbocycles. The van der Waals surface area contributed by atoms with E-state index in [-0.39, 0.29) is 10.9 Å². The SMILES string of the molecule is CCc1ncnc(NCC(C)Oc2ncc(C(F)(F)F)cc2Cl)c1Cl. The Morgan fingerprint density at radius 2 is 1.96 bits per heavy atom. The van der Waals surface area contributed by atoms with Crippen LogP contribution in [0.1, 0.15) is 25.1 Å². The molecule has 1 atom stereocenters. The van der Waals surface area contributed by atoms with E-state index in [1.165, 1.54) is 6.33 Å². The first-order valence-electron chi connectivity index (χ1n) is 7.35. The zero-order chi connectivity index (χ0) is 18.6. The van der Waals surface area contributed by atoms with E-state index in [1.807, 2.05) is 6.92 Å². The molecular weight excluding hydrogens is 380 g/mol. The van der Waals surface area contributed by atoms with Gasteiger partial charge < -0.3 is 10.1 Å². The van der Waals surface area contributed by atoms with Crippen molar-refractivity contribution in [2.75, 3.05) is 11.9 Å². The lowest BCUT2D eigenvalue weighted by Crippen LogP contribution is -2.24. The molecule has 2 aromatic rings. The number of hydrogen-bond donors (Lipinski definition) is 1. The van der Waals surface area contributed by atoms with Crippen molar-refractivity contribution in [2.45, 2.75) is 32.5 Å². The molecule has 25 heavy (non-hydrogen) atoms. The zero-order valence-electron chi connectivity index (χ0n) is 13.4. The van der Waals surface area contributed by atoms with Crippen LogP contribution in [0.4, 0.5) is 19.0 Å².